The molecule has 1 saturated heterocycles. The molecule has 194 valence electrons. The number of benzene rings is 2. The van der Waals surface area contributed by atoms with Crippen LogP contribution in [0, 0.1) is 5.92 Å². The Bertz CT molecular complexity index is 1320. The van der Waals surface area contributed by atoms with Crippen LogP contribution in [0.25, 0.3) is 10.9 Å². The summed E-state index contributed by atoms with van der Waals surface area (Å²) in [5.74, 6) is 1.19. The van der Waals surface area contributed by atoms with E-state index in [9.17, 15) is 18.0 Å². The fraction of sp³-hybridized carbons (Fsp3) is 0.440. The molecule has 0 aliphatic carbocycles. The van der Waals surface area contributed by atoms with Crippen LogP contribution in [0.5, 0.6) is 0 Å². The lowest BCUT2D eigenvalue weighted by Gasteiger charge is -2.22. The second-order valence-corrected chi connectivity index (χ2v) is 11.0. The Morgan fingerprint density at radius 3 is 2.69 bits per heavy atom. The van der Waals surface area contributed by atoms with Gasteiger partial charge in [-0.3, -0.25) is 14.3 Å². The van der Waals surface area contributed by atoms with Crippen LogP contribution in [-0.2, 0) is 19.3 Å². The highest BCUT2D eigenvalue weighted by Crippen LogP contribution is 2.39. The van der Waals surface area contributed by atoms with Crippen LogP contribution in [0.4, 0.5) is 13.2 Å². The average Bonchev–Trinajstić information content (AvgIpc) is 3.26. The van der Waals surface area contributed by atoms with E-state index in [4.69, 9.17) is 23.2 Å². The molecule has 4 rings (SSSR count). The molecule has 2 heterocycles. The summed E-state index contributed by atoms with van der Waals surface area (Å²) < 4.78 is 43.8. The summed E-state index contributed by atoms with van der Waals surface area (Å²) in [6.45, 7) is 4.36. The summed E-state index contributed by atoms with van der Waals surface area (Å²) in [6, 6.07) is 6.30. The molecule has 2 aromatic carbocycles. The van der Waals surface area contributed by atoms with Crippen molar-refractivity contribution >= 4 is 45.9 Å². The average molecular weight is 559 g/mol. The Hall–Kier alpha value is -1.78. The highest BCUT2D eigenvalue weighted by molar-refractivity contribution is 7.99. The summed E-state index contributed by atoms with van der Waals surface area (Å²) >= 11 is 14.3. The smallest absolute Gasteiger partial charge is 0.319 e. The number of nitrogens with one attached hydrogen (secondary N) is 1. The standard InChI is InChI=1S/C25H27Cl2F3N4OS/c1-3-36-21-5-4-17(26)8-16(21)12-34-14-32-23-18(24(34)35)9-20(25(28,29)30)19(22(23)27)13-33-7-6-15(11-33)10-31-2/h4-5,8-9,14-15,31H,3,6-7,10-13H2,1-2H3/t15-/m0/s1. The number of rotatable bonds is 8. The molecule has 36 heavy (non-hydrogen) atoms. The van der Waals surface area contributed by atoms with E-state index in [1.165, 1.54) is 10.9 Å². The maximum Gasteiger partial charge on any atom is 0.416 e. The Kier molecular flexibility index (Phi) is 8.56. The van der Waals surface area contributed by atoms with Gasteiger partial charge in [-0.25, -0.2) is 4.98 Å². The van der Waals surface area contributed by atoms with Crippen molar-refractivity contribution in [2.24, 2.45) is 5.92 Å². The summed E-state index contributed by atoms with van der Waals surface area (Å²) in [5.41, 5.74) is -0.633. The van der Waals surface area contributed by atoms with Crippen molar-refractivity contribution in [2.45, 2.75) is 37.5 Å². The highest BCUT2D eigenvalue weighted by atomic mass is 35.5. The van der Waals surface area contributed by atoms with E-state index in [-0.39, 0.29) is 34.6 Å². The van der Waals surface area contributed by atoms with Gasteiger partial charge in [0, 0.05) is 23.0 Å². The van der Waals surface area contributed by atoms with Crippen molar-refractivity contribution in [1.29, 1.82) is 0 Å². The molecule has 1 aliphatic heterocycles. The number of alkyl halides is 3. The molecule has 0 amide bonds. The number of nitrogens with zero attached hydrogens (tertiary/aromatic N) is 3. The van der Waals surface area contributed by atoms with Gasteiger partial charge < -0.3 is 5.32 Å². The SMILES string of the molecule is CCSc1ccc(Cl)cc1Cn1cnc2c(Cl)c(CN3CC[C@@H](CNC)C3)c(C(F)(F)F)cc2c1=O. The first-order chi connectivity index (χ1) is 17.1. The monoisotopic (exact) mass is 558 g/mol. The summed E-state index contributed by atoms with van der Waals surface area (Å²) in [6.07, 6.45) is -2.42. The number of likely N-dealkylation sites (tertiary alicyclic amines) is 1. The molecule has 1 N–H and O–H groups in total. The Labute approximate surface area is 222 Å². The predicted molar refractivity (Wildman–Crippen MR) is 140 cm³/mol. The van der Waals surface area contributed by atoms with Crippen molar-refractivity contribution in [3.63, 3.8) is 0 Å². The molecule has 1 atom stereocenters. The van der Waals surface area contributed by atoms with Crippen molar-refractivity contribution in [2.75, 3.05) is 32.4 Å². The topological polar surface area (TPSA) is 50.2 Å². The predicted octanol–water partition coefficient (Wildman–Crippen LogP) is 5.92. The van der Waals surface area contributed by atoms with Crippen LogP contribution in [0.2, 0.25) is 10.0 Å². The zero-order chi connectivity index (χ0) is 26.0. The molecule has 1 aromatic heterocycles. The fourth-order valence-electron chi connectivity index (χ4n) is 4.71. The van der Waals surface area contributed by atoms with Gasteiger partial charge in [0.1, 0.15) is 0 Å². The molecule has 1 aliphatic rings. The third kappa shape index (κ3) is 5.86. The van der Waals surface area contributed by atoms with Crippen LogP contribution >= 0.6 is 35.0 Å². The van der Waals surface area contributed by atoms with Gasteiger partial charge in [-0.2, -0.15) is 13.2 Å². The summed E-state index contributed by atoms with van der Waals surface area (Å²) in [4.78, 5) is 20.6. The first-order valence-corrected chi connectivity index (χ1v) is 13.4. The maximum absolute atomic E-state index is 14.2. The van der Waals surface area contributed by atoms with E-state index >= 15 is 0 Å². The number of aromatic nitrogens is 2. The molecule has 0 unspecified atom stereocenters. The molecule has 11 heteroatoms. The molecule has 5 nitrogen and oxygen atoms in total. The van der Waals surface area contributed by atoms with Crippen LogP contribution < -0.4 is 10.9 Å². The first-order valence-electron chi connectivity index (χ1n) is 11.7. The van der Waals surface area contributed by atoms with Gasteiger partial charge in [0.25, 0.3) is 5.56 Å². The van der Waals surface area contributed by atoms with E-state index in [0.717, 1.165) is 35.2 Å². The van der Waals surface area contributed by atoms with Gasteiger partial charge in [-0.05, 0) is 73.6 Å². The third-order valence-electron chi connectivity index (χ3n) is 6.37. The molecule has 0 spiro atoms. The minimum Gasteiger partial charge on any atom is -0.319 e. The van der Waals surface area contributed by atoms with Gasteiger partial charge in [0.05, 0.1) is 34.4 Å². The number of fused-ring (bicyclic) bond motifs is 1. The largest absolute Gasteiger partial charge is 0.416 e. The zero-order valence-corrected chi connectivity index (χ0v) is 22.3. The molecule has 0 bridgehead atoms. The number of hydrogen-bond acceptors (Lipinski definition) is 5. The van der Waals surface area contributed by atoms with E-state index in [2.05, 4.69) is 10.3 Å². The minimum absolute atomic E-state index is 0.0390. The second-order valence-electron chi connectivity index (χ2n) is 8.92. The minimum atomic E-state index is -4.66. The van der Waals surface area contributed by atoms with E-state index in [1.807, 2.05) is 24.9 Å². The van der Waals surface area contributed by atoms with Gasteiger partial charge in [0.2, 0.25) is 0 Å². The van der Waals surface area contributed by atoms with Gasteiger partial charge in [-0.1, -0.05) is 30.1 Å². The van der Waals surface area contributed by atoms with Crippen molar-refractivity contribution in [1.82, 2.24) is 19.8 Å². The molecular formula is C25H27Cl2F3N4OS. The van der Waals surface area contributed by atoms with Crippen molar-refractivity contribution in [3.8, 4) is 0 Å². The molecule has 1 fully saturated rings. The first kappa shape index (κ1) is 27.3. The lowest BCUT2D eigenvalue weighted by molar-refractivity contribution is -0.138. The lowest BCUT2D eigenvalue weighted by Crippen LogP contribution is -2.26. The second kappa shape index (κ2) is 11.3. The van der Waals surface area contributed by atoms with E-state index in [1.54, 1.807) is 23.9 Å². The normalized spacial score (nSPS) is 16.8. The quantitative estimate of drug-likeness (QED) is 0.347. The Morgan fingerprint density at radius 2 is 2.00 bits per heavy atom. The molecule has 0 radical (unpaired) electrons. The van der Waals surface area contributed by atoms with Gasteiger partial charge in [0.15, 0.2) is 0 Å². The zero-order valence-electron chi connectivity index (χ0n) is 20.0. The van der Waals surface area contributed by atoms with Crippen molar-refractivity contribution < 1.29 is 13.2 Å². The van der Waals surface area contributed by atoms with E-state index < -0.39 is 17.3 Å². The van der Waals surface area contributed by atoms with Crippen molar-refractivity contribution in [3.05, 3.63) is 67.7 Å². The summed E-state index contributed by atoms with van der Waals surface area (Å²) in [7, 11) is 1.86. The van der Waals surface area contributed by atoms with Crippen LogP contribution in [0.15, 0.2) is 40.3 Å². The lowest BCUT2D eigenvalue weighted by atomic mass is 10.0. The van der Waals surface area contributed by atoms with Crippen LogP contribution in [0.3, 0.4) is 0 Å². The molecule has 3 aromatic rings. The Balaban J connectivity index is 1.76. The maximum atomic E-state index is 14.2. The van der Waals surface area contributed by atoms with Crippen LogP contribution in [0.1, 0.15) is 30.0 Å². The molecule has 0 saturated carbocycles. The van der Waals surface area contributed by atoms with E-state index in [0.29, 0.717) is 24.0 Å². The highest BCUT2D eigenvalue weighted by Gasteiger charge is 2.37. The molecular weight excluding hydrogens is 532 g/mol. The number of thioether (sulfide) groups is 1. The van der Waals surface area contributed by atoms with Gasteiger partial charge >= 0.3 is 6.18 Å². The third-order valence-corrected chi connectivity index (χ3v) is 8.01. The Morgan fingerprint density at radius 1 is 1.22 bits per heavy atom. The number of hydrogen-bond donors (Lipinski definition) is 1. The van der Waals surface area contributed by atoms with Gasteiger partial charge in [-0.15, -0.1) is 11.8 Å². The summed E-state index contributed by atoms with van der Waals surface area (Å²) in [5, 5.41) is 3.36. The van der Waals surface area contributed by atoms with Crippen LogP contribution in [-0.4, -0.2) is 46.9 Å². The fourth-order valence-corrected chi connectivity index (χ4v) is 6.00. The number of halogens is 5.